The Kier molecular flexibility index (Phi) is 5.95. The van der Waals surface area contributed by atoms with Crippen molar-refractivity contribution in [3.8, 4) is 0 Å². The fourth-order valence-electron chi connectivity index (χ4n) is 2.17. The summed E-state index contributed by atoms with van der Waals surface area (Å²) >= 11 is 0. The minimum Gasteiger partial charge on any atom is -0.357 e. The molecule has 1 unspecified atom stereocenters. The predicted molar refractivity (Wildman–Crippen MR) is 83.9 cm³/mol. The summed E-state index contributed by atoms with van der Waals surface area (Å²) in [7, 11) is 1.40. The van der Waals surface area contributed by atoms with Gasteiger partial charge in [0, 0.05) is 25.9 Å². The molecule has 2 amide bonds. The molecule has 126 valence electrons. The van der Waals surface area contributed by atoms with Crippen molar-refractivity contribution in [3.63, 3.8) is 0 Å². The minimum absolute atomic E-state index is 0.142. The number of amides is 2. The molecule has 0 saturated carbocycles. The lowest BCUT2D eigenvalue weighted by molar-refractivity contribution is -0.128. The highest BCUT2D eigenvalue weighted by atomic mass is 19.2. The van der Waals surface area contributed by atoms with Crippen LogP contribution in [-0.2, 0) is 16.0 Å². The molecule has 7 heteroatoms. The molecular formula is C17H17F2N3O2. The van der Waals surface area contributed by atoms with Crippen molar-refractivity contribution in [3.05, 3.63) is 65.5 Å². The van der Waals surface area contributed by atoms with E-state index in [1.54, 1.807) is 18.5 Å². The maximum absolute atomic E-state index is 13.4. The van der Waals surface area contributed by atoms with E-state index in [9.17, 15) is 18.4 Å². The monoisotopic (exact) mass is 333 g/mol. The molecule has 2 rings (SSSR count). The highest BCUT2D eigenvalue weighted by molar-refractivity contribution is 5.88. The van der Waals surface area contributed by atoms with Gasteiger partial charge in [0.15, 0.2) is 11.6 Å². The zero-order chi connectivity index (χ0) is 17.5. The Labute approximate surface area is 138 Å². The summed E-state index contributed by atoms with van der Waals surface area (Å²) in [5, 5.41) is 4.94. The van der Waals surface area contributed by atoms with E-state index in [2.05, 4.69) is 15.6 Å². The first-order chi connectivity index (χ1) is 11.5. The molecule has 24 heavy (non-hydrogen) atoms. The lowest BCUT2D eigenvalue weighted by Crippen LogP contribution is -2.39. The number of carbonyl (C=O) groups is 2. The number of halogens is 2. The fraction of sp³-hybridized carbons (Fsp3) is 0.235. The number of benzene rings is 1. The number of aromatic nitrogens is 1. The molecule has 0 spiro atoms. The molecular weight excluding hydrogens is 316 g/mol. The van der Waals surface area contributed by atoms with Crippen molar-refractivity contribution < 1.29 is 18.4 Å². The van der Waals surface area contributed by atoms with Crippen LogP contribution < -0.4 is 10.6 Å². The van der Waals surface area contributed by atoms with Crippen LogP contribution in [0.4, 0.5) is 8.78 Å². The predicted octanol–water partition coefficient (Wildman–Crippen LogP) is 1.90. The van der Waals surface area contributed by atoms with Crippen LogP contribution in [0, 0.1) is 11.6 Å². The van der Waals surface area contributed by atoms with Crippen molar-refractivity contribution in [1.82, 2.24) is 15.6 Å². The van der Waals surface area contributed by atoms with E-state index in [-0.39, 0.29) is 17.9 Å². The number of hydrogen-bond acceptors (Lipinski definition) is 3. The summed E-state index contributed by atoms with van der Waals surface area (Å²) in [5.41, 5.74) is 1.06. The van der Waals surface area contributed by atoms with Crippen molar-refractivity contribution in [2.45, 2.75) is 18.9 Å². The van der Waals surface area contributed by atoms with E-state index in [4.69, 9.17) is 0 Å². The zero-order valence-corrected chi connectivity index (χ0v) is 13.1. The Bertz CT molecular complexity index is 723. The second-order valence-electron chi connectivity index (χ2n) is 5.15. The van der Waals surface area contributed by atoms with Crippen molar-refractivity contribution in [2.24, 2.45) is 0 Å². The van der Waals surface area contributed by atoms with E-state index in [0.717, 1.165) is 17.7 Å². The average Bonchev–Trinajstić information content (AvgIpc) is 2.60. The van der Waals surface area contributed by atoms with Crippen LogP contribution in [0.3, 0.4) is 0 Å². The van der Waals surface area contributed by atoms with Gasteiger partial charge < -0.3 is 10.6 Å². The molecule has 2 aromatic rings. The van der Waals surface area contributed by atoms with E-state index in [1.807, 2.05) is 6.07 Å². The Morgan fingerprint density at radius 3 is 2.62 bits per heavy atom. The number of aryl methyl sites for hydroxylation is 1. The second-order valence-corrected chi connectivity index (χ2v) is 5.15. The van der Waals surface area contributed by atoms with Crippen LogP contribution in [0.25, 0.3) is 0 Å². The molecule has 0 radical (unpaired) electrons. The maximum Gasteiger partial charge on any atom is 0.246 e. The number of carbonyl (C=O) groups excluding carboxylic acids is 2. The smallest absolute Gasteiger partial charge is 0.246 e. The third-order valence-electron chi connectivity index (χ3n) is 3.45. The topological polar surface area (TPSA) is 71.1 Å². The molecule has 0 aliphatic heterocycles. The number of hydrogen-bond donors (Lipinski definition) is 2. The SMILES string of the molecule is CNC(=O)C(NC(=O)CCc1cccnc1)c1ccc(F)c(F)c1. The van der Waals surface area contributed by atoms with Gasteiger partial charge in [-0.15, -0.1) is 0 Å². The quantitative estimate of drug-likeness (QED) is 0.848. The highest BCUT2D eigenvalue weighted by Crippen LogP contribution is 2.17. The van der Waals surface area contributed by atoms with Gasteiger partial charge in [0.05, 0.1) is 0 Å². The minimum atomic E-state index is -1.09. The number of likely N-dealkylation sites (N-methyl/N-ethyl adjacent to an activating group) is 1. The van der Waals surface area contributed by atoms with Crippen LogP contribution >= 0.6 is 0 Å². The van der Waals surface area contributed by atoms with Crippen LogP contribution in [0.15, 0.2) is 42.7 Å². The van der Waals surface area contributed by atoms with Gasteiger partial charge in [-0.05, 0) is 35.7 Å². The molecule has 0 bridgehead atoms. The summed E-state index contributed by atoms with van der Waals surface area (Å²) in [6, 6.07) is 5.60. The number of nitrogens with one attached hydrogen (secondary N) is 2. The molecule has 1 atom stereocenters. The molecule has 0 aliphatic carbocycles. The van der Waals surface area contributed by atoms with Gasteiger partial charge in [0.1, 0.15) is 6.04 Å². The summed E-state index contributed by atoms with van der Waals surface area (Å²) < 4.78 is 26.4. The normalized spacial score (nSPS) is 11.6. The molecule has 0 fully saturated rings. The highest BCUT2D eigenvalue weighted by Gasteiger charge is 2.22. The van der Waals surface area contributed by atoms with E-state index in [1.165, 1.54) is 13.1 Å². The van der Waals surface area contributed by atoms with Gasteiger partial charge in [-0.2, -0.15) is 0 Å². The zero-order valence-electron chi connectivity index (χ0n) is 13.1. The molecule has 1 aromatic carbocycles. The fourth-order valence-corrected chi connectivity index (χ4v) is 2.17. The first-order valence-electron chi connectivity index (χ1n) is 7.36. The summed E-state index contributed by atoms with van der Waals surface area (Å²) in [5.74, 6) is -2.99. The number of rotatable bonds is 6. The Morgan fingerprint density at radius 2 is 2.00 bits per heavy atom. The molecule has 0 saturated heterocycles. The third-order valence-corrected chi connectivity index (χ3v) is 3.45. The van der Waals surface area contributed by atoms with Crippen LogP contribution in [0.2, 0.25) is 0 Å². The number of nitrogens with zero attached hydrogens (tertiary/aromatic N) is 1. The van der Waals surface area contributed by atoms with Gasteiger partial charge in [0.25, 0.3) is 0 Å². The summed E-state index contributed by atoms with van der Waals surface area (Å²) in [6.07, 6.45) is 3.88. The maximum atomic E-state index is 13.4. The van der Waals surface area contributed by atoms with Gasteiger partial charge in [-0.25, -0.2) is 8.78 Å². The molecule has 1 heterocycles. The van der Waals surface area contributed by atoms with Gasteiger partial charge in [0.2, 0.25) is 11.8 Å². The molecule has 5 nitrogen and oxygen atoms in total. The second kappa shape index (κ2) is 8.14. The van der Waals surface area contributed by atoms with Crippen LogP contribution in [0.1, 0.15) is 23.6 Å². The summed E-state index contributed by atoms with van der Waals surface area (Å²) in [4.78, 5) is 28.0. The van der Waals surface area contributed by atoms with Gasteiger partial charge >= 0.3 is 0 Å². The number of pyridine rings is 1. The Morgan fingerprint density at radius 1 is 1.21 bits per heavy atom. The van der Waals surface area contributed by atoms with E-state index >= 15 is 0 Å². The molecule has 0 aliphatic rings. The van der Waals surface area contributed by atoms with Crippen molar-refractivity contribution in [1.29, 1.82) is 0 Å². The largest absolute Gasteiger partial charge is 0.357 e. The summed E-state index contributed by atoms with van der Waals surface area (Å²) in [6.45, 7) is 0. The Hall–Kier alpha value is -2.83. The van der Waals surface area contributed by atoms with Gasteiger partial charge in [-0.3, -0.25) is 14.6 Å². The van der Waals surface area contributed by atoms with Crippen molar-refractivity contribution >= 4 is 11.8 Å². The lowest BCUT2D eigenvalue weighted by atomic mass is 10.0. The first kappa shape index (κ1) is 17.5. The van der Waals surface area contributed by atoms with E-state index in [0.29, 0.717) is 6.42 Å². The van der Waals surface area contributed by atoms with Crippen LogP contribution in [0.5, 0.6) is 0 Å². The lowest BCUT2D eigenvalue weighted by Gasteiger charge is -2.18. The molecule has 2 N–H and O–H groups in total. The first-order valence-corrected chi connectivity index (χ1v) is 7.36. The van der Waals surface area contributed by atoms with E-state index < -0.39 is 23.6 Å². The average molecular weight is 333 g/mol. The van der Waals surface area contributed by atoms with Gasteiger partial charge in [-0.1, -0.05) is 12.1 Å². The molecule has 1 aromatic heterocycles. The van der Waals surface area contributed by atoms with Crippen LogP contribution in [-0.4, -0.2) is 23.8 Å². The van der Waals surface area contributed by atoms with Crippen molar-refractivity contribution in [2.75, 3.05) is 7.05 Å². The standard InChI is InChI=1S/C17H17F2N3O2/c1-20-17(24)16(12-5-6-13(18)14(19)9-12)22-15(23)7-4-11-3-2-8-21-10-11/h2-3,5-6,8-10,16H,4,7H2,1H3,(H,20,24)(H,22,23). The third kappa shape index (κ3) is 4.58. The Balaban J connectivity index is 2.06.